The Balaban J connectivity index is 1.59. The third-order valence-corrected chi connectivity index (χ3v) is 4.62. The van der Waals surface area contributed by atoms with Gasteiger partial charge in [-0.1, -0.05) is 0 Å². The van der Waals surface area contributed by atoms with Gasteiger partial charge in [0.1, 0.15) is 17.2 Å². The Morgan fingerprint density at radius 1 is 1.11 bits per heavy atom. The van der Waals surface area contributed by atoms with Gasteiger partial charge < -0.3 is 24.8 Å². The second kappa shape index (κ2) is 8.65. The van der Waals surface area contributed by atoms with Crippen molar-refractivity contribution in [2.75, 3.05) is 26.1 Å². The van der Waals surface area contributed by atoms with Crippen LogP contribution in [0.2, 0.25) is 0 Å². The Bertz CT molecular complexity index is 881. The molecule has 1 aliphatic rings. The quantitative estimate of drug-likeness (QED) is 0.767. The maximum atomic E-state index is 12.3. The number of benzene rings is 2. The third kappa shape index (κ3) is 4.54. The average molecular weight is 384 g/mol. The molecule has 0 radical (unpaired) electrons. The van der Waals surface area contributed by atoms with E-state index in [0.717, 1.165) is 16.8 Å². The summed E-state index contributed by atoms with van der Waals surface area (Å²) < 4.78 is 16.2. The first-order chi connectivity index (χ1) is 13.5. The van der Waals surface area contributed by atoms with Crippen molar-refractivity contribution in [3.63, 3.8) is 0 Å². The second-order valence-corrected chi connectivity index (χ2v) is 6.55. The molecule has 0 saturated heterocycles. The molecular weight excluding hydrogens is 360 g/mol. The average Bonchev–Trinajstić information content (AvgIpc) is 2.71. The molecule has 1 heterocycles. The lowest BCUT2D eigenvalue weighted by molar-refractivity contribution is -0.123. The van der Waals surface area contributed by atoms with Crippen LogP contribution in [0.4, 0.5) is 5.69 Å². The minimum absolute atomic E-state index is 0.0162. The van der Waals surface area contributed by atoms with E-state index in [2.05, 4.69) is 10.6 Å². The Labute approximate surface area is 164 Å². The van der Waals surface area contributed by atoms with Crippen LogP contribution in [0.1, 0.15) is 30.5 Å². The lowest BCUT2D eigenvalue weighted by atomic mass is 10.0. The summed E-state index contributed by atoms with van der Waals surface area (Å²) in [6.45, 7) is 1.76. The molecule has 1 atom stereocenters. The fourth-order valence-electron chi connectivity index (χ4n) is 3.14. The largest absolute Gasteiger partial charge is 0.497 e. The summed E-state index contributed by atoms with van der Waals surface area (Å²) in [6, 6.07) is 10.6. The number of carbonyl (C=O) groups is 2. The van der Waals surface area contributed by atoms with Crippen LogP contribution in [0.15, 0.2) is 36.4 Å². The number of hydrogen-bond donors (Lipinski definition) is 2. The number of amides is 2. The van der Waals surface area contributed by atoms with Gasteiger partial charge in [0.25, 0.3) is 5.91 Å². The summed E-state index contributed by atoms with van der Waals surface area (Å²) in [4.78, 5) is 23.7. The SMILES string of the molecule is COc1ccc(OC)c([C@H](C)NC(=O)COc2ccc3c(c2)CCC(=O)N3)c1. The lowest BCUT2D eigenvalue weighted by Gasteiger charge is -2.19. The number of rotatable bonds is 7. The molecule has 0 aromatic heterocycles. The number of methoxy groups -OCH3 is 2. The van der Waals surface area contributed by atoms with Crippen molar-refractivity contribution in [2.45, 2.75) is 25.8 Å². The van der Waals surface area contributed by atoms with Crippen LogP contribution in [0, 0.1) is 0 Å². The molecule has 2 N–H and O–H groups in total. The second-order valence-electron chi connectivity index (χ2n) is 6.55. The Hall–Kier alpha value is -3.22. The van der Waals surface area contributed by atoms with Crippen LogP contribution in [0.3, 0.4) is 0 Å². The van der Waals surface area contributed by atoms with Crippen LogP contribution in [0.25, 0.3) is 0 Å². The highest BCUT2D eigenvalue weighted by Gasteiger charge is 2.17. The molecule has 0 saturated carbocycles. The van der Waals surface area contributed by atoms with Gasteiger partial charge in [-0.05, 0) is 55.3 Å². The van der Waals surface area contributed by atoms with E-state index >= 15 is 0 Å². The van der Waals surface area contributed by atoms with Gasteiger partial charge in [0, 0.05) is 17.7 Å². The van der Waals surface area contributed by atoms with Crippen molar-refractivity contribution in [3.8, 4) is 17.2 Å². The van der Waals surface area contributed by atoms with Crippen LogP contribution in [0.5, 0.6) is 17.2 Å². The first kappa shape index (κ1) is 19.5. The number of nitrogens with one attached hydrogen (secondary N) is 2. The van der Waals surface area contributed by atoms with E-state index in [1.165, 1.54) is 0 Å². The predicted octanol–water partition coefficient (Wildman–Crippen LogP) is 2.84. The van der Waals surface area contributed by atoms with Gasteiger partial charge in [0.05, 0.1) is 20.3 Å². The molecule has 0 aliphatic carbocycles. The van der Waals surface area contributed by atoms with Crippen molar-refractivity contribution < 1.29 is 23.8 Å². The lowest BCUT2D eigenvalue weighted by Crippen LogP contribution is -2.31. The minimum atomic E-state index is -0.278. The zero-order valence-corrected chi connectivity index (χ0v) is 16.2. The van der Waals surface area contributed by atoms with Gasteiger partial charge in [-0.3, -0.25) is 9.59 Å². The van der Waals surface area contributed by atoms with Crippen molar-refractivity contribution in [1.82, 2.24) is 5.32 Å². The van der Waals surface area contributed by atoms with Crippen LogP contribution >= 0.6 is 0 Å². The van der Waals surface area contributed by atoms with E-state index in [-0.39, 0.29) is 24.5 Å². The molecule has 2 aromatic carbocycles. The summed E-state index contributed by atoms with van der Waals surface area (Å²) in [7, 11) is 3.17. The maximum absolute atomic E-state index is 12.3. The molecule has 2 aromatic rings. The molecule has 1 aliphatic heterocycles. The van der Waals surface area contributed by atoms with E-state index < -0.39 is 0 Å². The highest BCUT2D eigenvalue weighted by molar-refractivity contribution is 5.94. The first-order valence-corrected chi connectivity index (χ1v) is 9.07. The standard InChI is InChI=1S/C21H24N2O5/c1-13(17-11-15(26-2)6-8-19(17)27-3)22-21(25)12-28-16-5-7-18-14(10-16)4-9-20(24)23-18/h5-8,10-11,13H,4,9,12H2,1-3H3,(H,22,25)(H,23,24)/t13-/m0/s1. The predicted molar refractivity (Wildman–Crippen MR) is 105 cm³/mol. The Morgan fingerprint density at radius 2 is 1.89 bits per heavy atom. The number of hydrogen-bond acceptors (Lipinski definition) is 5. The van der Waals surface area contributed by atoms with Crippen molar-refractivity contribution in [1.29, 1.82) is 0 Å². The smallest absolute Gasteiger partial charge is 0.258 e. The summed E-state index contributed by atoms with van der Waals surface area (Å²) in [5.41, 5.74) is 2.62. The monoisotopic (exact) mass is 384 g/mol. The molecule has 28 heavy (non-hydrogen) atoms. The molecule has 0 spiro atoms. The van der Waals surface area contributed by atoms with Gasteiger partial charge in [-0.15, -0.1) is 0 Å². The Kier molecular flexibility index (Phi) is 6.03. The summed E-state index contributed by atoms with van der Waals surface area (Å²) in [5, 5.41) is 5.72. The van der Waals surface area contributed by atoms with Crippen LogP contribution in [-0.2, 0) is 16.0 Å². The van der Waals surface area contributed by atoms with E-state index in [1.54, 1.807) is 38.5 Å². The molecule has 2 amide bonds. The topological polar surface area (TPSA) is 85.9 Å². The fraction of sp³-hybridized carbons (Fsp3) is 0.333. The molecule has 0 fully saturated rings. The number of fused-ring (bicyclic) bond motifs is 1. The maximum Gasteiger partial charge on any atom is 0.258 e. The number of ether oxygens (including phenoxy) is 3. The van der Waals surface area contributed by atoms with Gasteiger partial charge in [-0.25, -0.2) is 0 Å². The normalized spacial score (nSPS) is 13.8. The van der Waals surface area contributed by atoms with Gasteiger partial charge in [0.2, 0.25) is 5.91 Å². The van der Waals surface area contributed by atoms with E-state index in [9.17, 15) is 9.59 Å². The summed E-state index contributed by atoms with van der Waals surface area (Å²) in [6.07, 6.45) is 1.12. The molecule has 148 valence electrons. The number of anilines is 1. The molecule has 0 unspecified atom stereocenters. The highest BCUT2D eigenvalue weighted by Crippen LogP contribution is 2.29. The van der Waals surface area contributed by atoms with Crippen molar-refractivity contribution >= 4 is 17.5 Å². The fourth-order valence-corrected chi connectivity index (χ4v) is 3.14. The van der Waals surface area contributed by atoms with Crippen molar-refractivity contribution in [3.05, 3.63) is 47.5 Å². The summed E-state index contributed by atoms with van der Waals surface area (Å²) in [5.74, 6) is 1.73. The van der Waals surface area contributed by atoms with Crippen LogP contribution < -0.4 is 24.8 Å². The summed E-state index contributed by atoms with van der Waals surface area (Å²) >= 11 is 0. The van der Waals surface area contributed by atoms with Gasteiger partial charge >= 0.3 is 0 Å². The molecule has 0 bridgehead atoms. The van der Waals surface area contributed by atoms with E-state index in [0.29, 0.717) is 30.1 Å². The van der Waals surface area contributed by atoms with Gasteiger partial charge in [-0.2, -0.15) is 0 Å². The Morgan fingerprint density at radius 3 is 2.64 bits per heavy atom. The zero-order valence-electron chi connectivity index (χ0n) is 16.2. The molecular formula is C21H24N2O5. The zero-order chi connectivity index (χ0) is 20.1. The van der Waals surface area contributed by atoms with E-state index in [1.807, 2.05) is 19.1 Å². The molecule has 7 heteroatoms. The third-order valence-electron chi connectivity index (χ3n) is 4.62. The number of carbonyl (C=O) groups excluding carboxylic acids is 2. The van der Waals surface area contributed by atoms with Crippen molar-refractivity contribution in [2.24, 2.45) is 0 Å². The molecule has 3 rings (SSSR count). The van der Waals surface area contributed by atoms with E-state index in [4.69, 9.17) is 14.2 Å². The van der Waals surface area contributed by atoms with Gasteiger partial charge in [0.15, 0.2) is 6.61 Å². The number of aryl methyl sites for hydroxylation is 1. The molecule has 7 nitrogen and oxygen atoms in total. The highest BCUT2D eigenvalue weighted by atomic mass is 16.5. The van der Waals surface area contributed by atoms with Crippen LogP contribution in [-0.4, -0.2) is 32.6 Å². The minimum Gasteiger partial charge on any atom is -0.497 e. The first-order valence-electron chi connectivity index (χ1n) is 9.07.